The zero-order chi connectivity index (χ0) is 10.6. The second kappa shape index (κ2) is 10.6. The molecule has 0 nitrogen and oxygen atoms in total. The van der Waals surface area contributed by atoms with E-state index in [-0.39, 0.29) is 0 Å². The lowest BCUT2D eigenvalue weighted by molar-refractivity contribution is 0.500. The molecule has 1 unspecified atom stereocenters. The van der Waals surface area contributed by atoms with Crippen molar-refractivity contribution in [2.45, 2.75) is 58.3 Å². The first-order valence-electron chi connectivity index (χ1n) is 6.08. The molecular formula is C14H26. The highest BCUT2D eigenvalue weighted by Gasteiger charge is 2.02. The second-order valence-corrected chi connectivity index (χ2v) is 4.06. The molecule has 0 heteroatoms. The normalized spacial score (nSPS) is 12.4. The van der Waals surface area contributed by atoms with Crippen molar-refractivity contribution in [1.82, 2.24) is 0 Å². The van der Waals surface area contributed by atoms with Gasteiger partial charge in [0.25, 0.3) is 0 Å². The molecule has 0 aromatic carbocycles. The summed E-state index contributed by atoms with van der Waals surface area (Å²) in [5.41, 5.74) is 0. The van der Waals surface area contributed by atoms with Gasteiger partial charge in [-0.2, -0.15) is 0 Å². The van der Waals surface area contributed by atoms with Crippen LogP contribution in [0.5, 0.6) is 0 Å². The molecule has 0 spiro atoms. The average Bonchev–Trinajstić information content (AvgIpc) is 2.22. The molecule has 14 heavy (non-hydrogen) atoms. The van der Waals surface area contributed by atoms with Crippen LogP contribution in [0.4, 0.5) is 0 Å². The number of allylic oxidation sites excluding steroid dienone is 2. The van der Waals surface area contributed by atoms with Gasteiger partial charge in [0, 0.05) is 0 Å². The van der Waals surface area contributed by atoms with Crippen molar-refractivity contribution in [3.8, 4) is 0 Å². The van der Waals surface area contributed by atoms with E-state index >= 15 is 0 Å². The molecule has 0 N–H and O–H groups in total. The lowest BCUT2D eigenvalue weighted by atomic mass is 9.96. The topological polar surface area (TPSA) is 0 Å². The summed E-state index contributed by atoms with van der Waals surface area (Å²) in [6.45, 7) is 9.91. The Balaban J connectivity index is 3.32. The third kappa shape index (κ3) is 8.10. The molecule has 0 heterocycles. The quantitative estimate of drug-likeness (QED) is 0.334. The van der Waals surface area contributed by atoms with E-state index in [1.165, 1.54) is 44.9 Å². The van der Waals surface area contributed by atoms with Gasteiger partial charge in [-0.3, -0.25) is 0 Å². The largest absolute Gasteiger partial charge is 0.103 e. The number of hydrogen-bond acceptors (Lipinski definition) is 0. The summed E-state index contributed by atoms with van der Waals surface area (Å²) in [5, 5.41) is 0. The van der Waals surface area contributed by atoms with Gasteiger partial charge in [0.05, 0.1) is 0 Å². The summed E-state index contributed by atoms with van der Waals surface area (Å²) in [7, 11) is 0. The lowest BCUT2D eigenvalue weighted by Gasteiger charge is -2.10. The van der Waals surface area contributed by atoms with Gasteiger partial charge < -0.3 is 0 Å². The SMILES string of the molecule is C=CCCC(C=C)CCCCCCC. The molecule has 0 fully saturated rings. The third-order valence-corrected chi connectivity index (χ3v) is 2.75. The maximum absolute atomic E-state index is 3.89. The van der Waals surface area contributed by atoms with E-state index in [1.54, 1.807) is 0 Å². The Morgan fingerprint density at radius 3 is 2.29 bits per heavy atom. The Morgan fingerprint density at radius 1 is 1.00 bits per heavy atom. The summed E-state index contributed by atoms with van der Waals surface area (Å²) in [5.74, 6) is 0.717. The van der Waals surface area contributed by atoms with Crippen LogP contribution in [0.1, 0.15) is 58.3 Å². The minimum absolute atomic E-state index is 0.717. The molecule has 0 aromatic rings. The summed E-state index contributed by atoms with van der Waals surface area (Å²) in [4.78, 5) is 0. The number of rotatable bonds is 10. The van der Waals surface area contributed by atoms with E-state index in [0.717, 1.165) is 12.3 Å². The highest BCUT2D eigenvalue weighted by atomic mass is 14.1. The van der Waals surface area contributed by atoms with Crippen LogP contribution in [-0.2, 0) is 0 Å². The molecule has 1 atom stereocenters. The van der Waals surface area contributed by atoms with Crippen molar-refractivity contribution >= 4 is 0 Å². The van der Waals surface area contributed by atoms with Gasteiger partial charge in [-0.05, 0) is 25.2 Å². The molecule has 0 saturated heterocycles. The minimum Gasteiger partial charge on any atom is -0.103 e. The van der Waals surface area contributed by atoms with Crippen molar-refractivity contribution in [3.05, 3.63) is 25.3 Å². The predicted octanol–water partition coefficient (Wildman–Crippen LogP) is 5.12. The lowest BCUT2D eigenvalue weighted by Crippen LogP contribution is -1.95. The molecule has 0 aliphatic rings. The molecule has 0 saturated carbocycles. The minimum atomic E-state index is 0.717. The van der Waals surface area contributed by atoms with Gasteiger partial charge in [-0.15, -0.1) is 13.2 Å². The number of unbranched alkanes of at least 4 members (excludes halogenated alkanes) is 4. The summed E-state index contributed by atoms with van der Waals surface area (Å²) < 4.78 is 0. The maximum atomic E-state index is 3.89. The smallest absolute Gasteiger partial charge is 0.0233 e. The standard InChI is InChI=1S/C14H26/c1-4-7-9-10-11-13-14(6-3)12-8-5-2/h5-6,14H,2-4,7-13H2,1H3. The molecule has 0 aliphatic carbocycles. The van der Waals surface area contributed by atoms with Crippen molar-refractivity contribution in [1.29, 1.82) is 0 Å². The molecule has 82 valence electrons. The second-order valence-electron chi connectivity index (χ2n) is 4.06. The highest BCUT2D eigenvalue weighted by Crippen LogP contribution is 2.17. The Bertz CT molecular complexity index is 135. The fourth-order valence-electron chi connectivity index (χ4n) is 1.72. The van der Waals surface area contributed by atoms with E-state index in [9.17, 15) is 0 Å². The molecule has 0 aliphatic heterocycles. The van der Waals surface area contributed by atoms with Crippen LogP contribution in [0, 0.1) is 5.92 Å². The van der Waals surface area contributed by atoms with Crippen LogP contribution in [0.2, 0.25) is 0 Å². The fourth-order valence-corrected chi connectivity index (χ4v) is 1.72. The molecule has 0 amide bonds. The summed E-state index contributed by atoms with van der Waals surface area (Å²) in [6, 6.07) is 0. The third-order valence-electron chi connectivity index (χ3n) is 2.75. The molecule has 0 bridgehead atoms. The Labute approximate surface area is 90.1 Å². The van der Waals surface area contributed by atoms with Crippen molar-refractivity contribution in [2.75, 3.05) is 0 Å². The summed E-state index contributed by atoms with van der Waals surface area (Å²) >= 11 is 0. The molecule has 0 aromatic heterocycles. The Kier molecular flexibility index (Phi) is 10.2. The van der Waals surface area contributed by atoms with Crippen molar-refractivity contribution in [3.63, 3.8) is 0 Å². The van der Waals surface area contributed by atoms with Crippen LogP contribution >= 0.6 is 0 Å². The van der Waals surface area contributed by atoms with E-state index in [2.05, 4.69) is 26.2 Å². The van der Waals surface area contributed by atoms with Gasteiger partial charge in [-0.1, -0.05) is 51.2 Å². The van der Waals surface area contributed by atoms with Gasteiger partial charge in [0.2, 0.25) is 0 Å². The first-order valence-corrected chi connectivity index (χ1v) is 6.08. The van der Waals surface area contributed by atoms with Gasteiger partial charge in [-0.25, -0.2) is 0 Å². The number of hydrogen-bond donors (Lipinski definition) is 0. The average molecular weight is 194 g/mol. The van der Waals surface area contributed by atoms with Crippen LogP contribution < -0.4 is 0 Å². The molecule has 0 radical (unpaired) electrons. The van der Waals surface area contributed by atoms with Crippen LogP contribution in [0.15, 0.2) is 25.3 Å². The molecular weight excluding hydrogens is 168 g/mol. The van der Waals surface area contributed by atoms with E-state index in [0.29, 0.717) is 0 Å². The first-order chi connectivity index (χ1) is 6.85. The van der Waals surface area contributed by atoms with Crippen LogP contribution in [0.3, 0.4) is 0 Å². The van der Waals surface area contributed by atoms with Crippen LogP contribution in [0.25, 0.3) is 0 Å². The van der Waals surface area contributed by atoms with E-state index < -0.39 is 0 Å². The van der Waals surface area contributed by atoms with E-state index in [1.807, 2.05) is 6.08 Å². The van der Waals surface area contributed by atoms with Crippen LogP contribution in [-0.4, -0.2) is 0 Å². The zero-order valence-corrected chi connectivity index (χ0v) is 9.80. The predicted molar refractivity (Wildman–Crippen MR) is 66.5 cm³/mol. The van der Waals surface area contributed by atoms with Crippen molar-refractivity contribution in [2.24, 2.45) is 5.92 Å². The van der Waals surface area contributed by atoms with Gasteiger partial charge in [0.15, 0.2) is 0 Å². The first kappa shape index (κ1) is 13.5. The Hall–Kier alpha value is -0.520. The Morgan fingerprint density at radius 2 is 1.71 bits per heavy atom. The zero-order valence-electron chi connectivity index (χ0n) is 9.80. The fraction of sp³-hybridized carbons (Fsp3) is 0.714. The molecule has 0 rings (SSSR count). The summed E-state index contributed by atoms with van der Waals surface area (Å²) in [6.07, 6.45) is 14.7. The maximum Gasteiger partial charge on any atom is -0.0233 e. The van der Waals surface area contributed by atoms with Crippen molar-refractivity contribution < 1.29 is 0 Å². The van der Waals surface area contributed by atoms with Gasteiger partial charge in [0.1, 0.15) is 0 Å². The van der Waals surface area contributed by atoms with Gasteiger partial charge >= 0.3 is 0 Å². The van der Waals surface area contributed by atoms with E-state index in [4.69, 9.17) is 0 Å². The highest BCUT2D eigenvalue weighted by molar-refractivity contribution is 4.81. The monoisotopic (exact) mass is 194 g/mol.